The van der Waals surface area contributed by atoms with Crippen LogP contribution >= 0.6 is 0 Å². The number of hydrogen-bond donors (Lipinski definition) is 0. The van der Waals surface area contributed by atoms with E-state index in [2.05, 4.69) is 4.98 Å². The number of sulfonamides is 1. The van der Waals surface area contributed by atoms with Crippen molar-refractivity contribution in [1.82, 2.24) is 18.8 Å². The molecular formula is C15H26N4O3S. The van der Waals surface area contributed by atoms with Crippen LogP contribution in [0.4, 0.5) is 0 Å². The minimum Gasteiger partial charge on any atom is -0.341 e. The summed E-state index contributed by atoms with van der Waals surface area (Å²) >= 11 is 0. The average molecular weight is 342 g/mol. The number of hydrogen-bond acceptors (Lipinski definition) is 4. The molecule has 1 aliphatic rings. The fourth-order valence-electron chi connectivity index (χ4n) is 2.90. The van der Waals surface area contributed by atoms with Gasteiger partial charge in [0.15, 0.2) is 5.03 Å². The molecule has 2 heterocycles. The van der Waals surface area contributed by atoms with Crippen molar-refractivity contribution in [2.45, 2.75) is 38.1 Å². The summed E-state index contributed by atoms with van der Waals surface area (Å²) in [5.41, 5.74) is 0. The number of carbonyl (C=O) groups excluding carboxylic acids is 1. The molecule has 1 fully saturated rings. The van der Waals surface area contributed by atoms with E-state index in [0.717, 1.165) is 12.8 Å². The second-order valence-corrected chi connectivity index (χ2v) is 7.86. The number of nitrogens with zero attached hydrogens (tertiary/aromatic N) is 4. The molecule has 0 bridgehead atoms. The molecule has 7 nitrogen and oxygen atoms in total. The van der Waals surface area contributed by atoms with E-state index in [9.17, 15) is 13.2 Å². The molecule has 0 N–H and O–H groups in total. The van der Waals surface area contributed by atoms with E-state index in [-0.39, 0.29) is 16.9 Å². The summed E-state index contributed by atoms with van der Waals surface area (Å²) in [7, 11) is -1.84. The lowest BCUT2D eigenvalue weighted by Crippen LogP contribution is -2.39. The van der Waals surface area contributed by atoms with Gasteiger partial charge in [0.25, 0.3) is 10.0 Å². The first kappa shape index (κ1) is 17.9. The first-order chi connectivity index (χ1) is 10.9. The first-order valence-electron chi connectivity index (χ1n) is 8.17. The van der Waals surface area contributed by atoms with Gasteiger partial charge in [0, 0.05) is 45.3 Å². The van der Waals surface area contributed by atoms with E-state index in [4.69, 9.17) is 0 Å². The summed E-state index contributed by atoms with van der Waals surface area (Å²) < 4.78 is 28.3. The standard InChI is InChI=1S/C15H26N4O3S/c1-4-13(5-2)15(20)18-7-6-8-19(10-9-18)23(21,22)14-11-17(3)12-16-14/h11-13H,4-10H2,1-3H3. The summed E-state index contributed by atoms with van der Waals surface area (Å²) in [5.74, 6) is 0.182. The Morgan fingerprint density at radius 2 is 1.91 bits per heavy atom. The van der Waals surface area contributed by atoms with E-state index >= 15 is 0 Å². The minimum atomic E-state index is -3.58. The molecule has 2 rings (SSSR count). The van der Waals surface area contributed by atoms with Crippen LogP contribution in [0.2, 0.25) is 0 Å². The number of aryl methyl sites for hydroxylation is 1. The van der Waals surface area contributed by atoms with Gasteiger partial charge in [-0.3, -0.25) is 4.79 Å². The van der Waals surface area contributed by atoms with E-state index in [1.807, 2.05) is 18.7 Å². The third-order valence-corrected chi connectivity index (χ3v) is 6.17. The molecule has 1 saturated heterocycles. The van der Waals surface area contributed by atoms with Crippen LogP contribution in [0.15, 0.2) is 17.6 Å². The van der Waals surface area contributed by atoms with Gasteiger partial charge in [-0.15, -0.1) is 0 Å². The van der Waals surface area contributed by atoms with Gasteiger partial charge in [-0.25, -0.2) is 13.4 Å². The van der Waals surface area contributed by atoms with Crippen LogP contribution in [0.5, 0.6) is 0 Å². The van der Waals surface area contributed by atoms with Crippen molar-refractivity contribution >= 4 is 15.9 Å². The molecule has 0 atom stereocenters. The molecular weight excluding hydrogens is 316 g/mol. The Morgan fingerprint density at radius 1 is 1.22 bits per heavy atom. The Bertz CT molecular complexity index is 637. The molecule has 0 spiro atoms. The fraction of sp³-hybridized carbons (Fsp3) is 0.733. The summed E-state index contributed by atoms with van der Waals surface area (Å²) in [6, 6.07) is 0. The SMILES string of the molecule is CCC(CC)C(=O)N1CCCN(S(=O)(=O)c2cn(C)cn2)CC1. The Morgan fingerprint density at radius 3 is 2.48 bits per heavy atom. The van der Waals surface area contributed by atoms with Crippen LogP contribution in [0.3, 0.4) is 0 Å². The average Bonchev–Trinajstić information content (AvgIpc) is 2.82. The van der Waals surface area contributed by atoms with E-state index < -0.39 is 10.0 Å². The van der Waals surface area contributed by atoms with Gasteiger partial charge in [0.1, 0.15) is 0 Å². The quantitative estimate of drug-likeness (QED) is 0.802. The van der Waals surface area contributed by atoms with Gasteiger partial charge in [-0.1, -0.05) is 13.8 Å². The lowest BCUT2D eigenvalue weighted by atomic mass is 10.0. The zero-order valence-corrected chi connectivity index (χ0v) is 14.9. The highest BCUT2D eigenvalue weighted by atomic mass is 32.2. The van der Waals surface area contributed by atoms with Crippen molar-refractivity contribution in [2.75, 3.05) is 26.2 Å². The molecule has 8 heteroatoms. The van der Waals surface area contributed by atoms with Crippen LogP contribution in [-0.4, -0.2) is 59.3 Å². The molecule has 1 aromatic rings. The maximum absolute atomic E-state index is 12.6. The van der Waals surface area contributed by atoms with Crippen LogP contribution < -0.4 is 0 Å². The highest BCUT2D eigenvalue weighted by Crippen LogP contribution is 2.18. The molecule has 0 radical (unpaired) electrons. The van der Waals surface area contributed by atoms with Crippen molar-refractivity contribution in [3.63, 3.8) is 0 Å². The summed E-state index contributed by atoms with van der Waals surface area (Å²) in [6.07, 6.45) is 5.28. The predicted molar refractivity (Wildman–Crippen MR) is 87.2 cm³/mol. The minimum absolute atomic E-state index is 0.0361. The highest BCUT2D eigenvalue weighted by molar-refractivity contribution is 7.89. The van der Waals surface area contributed by atoms with Crippen molar-refractivity contribution < 1.29 is 13.2 Å². The molecule has 23 heavy (non-hydrogen) atoms. The number of carbonyl (C=O) groups is 1. The Hall–Kier alpha value is -1.41. The summed E-state index contributed by atoms with van der Waals surface area (Å²) in [6.45, 7) is 5.84. The smallest absolute Gasteiger partial charge is 0.262 e. The second kappa shape index (κ2) is 7.44. The van der Waals surface area contributed by atoms with E-state index in [1.54, 1.807) is 11.6 Å². The Labute approximate surface area is 138 Å². The number of aromatic nitrogens is 2. The van der Waals surface area contributed by atoms with Gasteiger partial charge in [-0.05, 0) is 19.3 Å². The third kappa shape index (κ3) is 3.92. The van der Waals surface area contributed by atoms with Gasteiger partial charge in [-0.2, -0.15) is 4.31 Å². The van der Waals surface area contributed by atoms with Crippen LogP contribution in [-0.2, 0) is 21.9 Å². The number of amides is 1. The monoisotopic (exact) mass is 342 g/mol. The highest BCUT2D eigenvalue weighted by Gasteiger charge is 2.30. The number of imidazole rings is 1. The maximum atomic E-state index is 12.6. The van der Waals surface area contributed by atoms with Crippen LogP contribution in [0, 0.1) is 5.92 Å². The normalized spacial score (nSPS) is 17.5. The maximum Gasteiger partial charge on any atom is 0.262 e. The second-order valence-electron chi connectivity index (χ2n) is 5.97. The van der Waals surface area contributed by atoms with Crippen molar-refractivity contribution in [3.8, 4) is 0 Å². The van der Waals surface area contributed by atoms with E-state index in [0.29, 0.717) is 32.6 Å². The molecule has 0 aromatic carbocycles. The fourth-order valence-corrected chi connectivity index (χ4v) is 4.34. The molecule has 0 saturated carbocycles. The van der Waals surface area contributed by atoms with Gasteiger partial charge in [0.05, 0.1) is 6.33 Å². The van der Waals surface area contributed by atoms with Crippen LogP contribution in [0.1, 0.15) is 33.1 Å². The van der Waals surface area contributed by atoms with Gasteiger partial charge < -0.3 is 9.47 Å². The zero-order chi connectivity index (χ0) is 17.0. The Kier molecular flexibility index (Phi) is 5.80. The summed E-state index contributed by atoms with van der Waals surface area (Å²) in [5, 5.41) is 0.0692. The van der Waals surface area contributed by atoms with E-state index in [1.165, 1.54) is 16.8 Å². The third-order valence-electron chi connectivity index (χ3n) is 4.39. The lowest BCUT2D eigenvalue weighted by molar-refractivity contribution is -0.135. The van der Waals surface area contributed by atoms with Crippen molar-refractivity contribution in [1.29, 1.82) is 0 Å². The summed E-state index contributed by atoms with van der Waals surface area (Å²) in [4.78, 5) is 18.3. The largest absolute Gasteiger partial charge is 0.341 e. The molecule has 1 aromatic heterocycles. The molecule has 0 aliphatic carbocycles. The van der Waals surface area contributed by atoms with Crippen LogP contribution in [0.25, 0.3) is 0 Å². The van der Waals surface area contributed by atoms with Gasteiger partial charge in [0.2, 0.25) is 5.91 Å². The molecule has 1 aliphatic heterocycles. The topological polar surface area (TPSA) is 75.5 Å². The lowest BCUT2D eigenvalue weighted by Gasteiger charge is -2.25. The molecule has 1 amide bonds. The molecule has 130 valence electrons. The van der Waals surface area contributed by atoms with Gasteiger partial charge >= 0.3 is 0 Å². The number of rotatable bonds is 5. The van der Waals surface area contributed by atoms with Crippen molar-refractivity contribution in [2.24, 2.45) is 13.0 Å². The Balaban J connectivity index is 2.08. The zero-order valence-electron chi connectivity index (χ0n) is 14.1. The first-order valence-corrected chi connectivity index (χ1v) is 9.61. The molecule has 0 unspecified atom stereocenters. The van der Waals surface area contributed by atoms with Crippen molar-refractivity contribution in [3.05, 3.63) is 12.5 Å². The predicted octanol–water partition coefficient (Wildman–Crippen LogP) is 1.08.